The van der Waals surface area contributed by atoms with Crippen molar-refractivity contribution in [2.45, 2.75) is 38.7 Å². The van der Waals surface area contributed by atoms with Crippen LogP contribution in [-0.4, -0.2) is 39.8 Å². The number of halogens is 1. The summed E-state index contributed by atoms with van der Waals surface area (Å²) < 4.78 is 7.40. The van der Waals surface area contributed by atoms with E-state index in [1.54, 1.807) is 17.8 Å². The third-order valence-electron chi connectivity index (χ3n) is 4.21. The van der Waals surface area contributed by atoms with Gasteiger partial charge in [0.05, 0.1) is 11.9 Å². The molecule has 2 aromatic rings. The molecule has 1 aromatic carbocycles. The number of hydrogen-bond acceptors (Lipinski definition) is 3. The first-order chi connectivity index (χ1) is 11.6. The summed E-state index contributed by atoms with van der Waals surface area (Å²) in [5, 5.41) is 4.76. The van der Waals surface area contributed by atoms with E-state index in [2.05, 4.69) is 5.10 Å². The first kappa shape index (κ1) is 16.8. The fourth-order valence-electron chi connectivity index (χ4n) is 2.90. The van der Waals surface area contributed by atoms with Crippen molar-refractivity contribution in [2.24, 2.45) is 0 Å². The molecule has 0 spiro atoms. The van der Waals surface area contributed by atoms with Crippen molar-refractivity contribution in [3.05, 3.63) is 41.6 Å². The Balaban J connectivity index is 1.69. The summed E-state index contributed by atoms with van der Waals surface area (Å²) >= 11 is 6.22. The molecule has 1 atom stereocenters. The van der Waals surface area contributed by atoms with Crippen molar-refractivity contribution in [3.8, 4) is 11.6 Å². The van der Waals surface area contributed by atoms with Crippen molar-refractivity contribution < 1.29 is 9.53 Å². The molecule has 1 fully saturated rings. The fraction of sp³-hybridized carbons (Fsp3) is 0.444. The van der Waals surface area contributed by atoms with E-state index in [-0.39, 0.29) is 11.8 Å². The van der Waals surface area contributed by atoms with Crippen LogP contribution in [0.3, 0.4) is 0 Å². The van der Waals surface area contributed by atoms with Gasteiger partial charge in [0.1, 0.15) is 5.02 Å². The molecule has 1 saturated heterocycles. The molecule has 2 heterocycles. The number of carbonyl (C=O) groups excluding carboxylic acids is 1. The predicted octanol–water partition coefficient (Wildman–Crippen LogP) is 3.70. The summed E-state index contributed by atoms with van der Waals surface area (Å²) in [7, 11) is 0. The molecule has 1 aliphatic heterocycles. The van der Waals surface area contributed by atoms with Crippen LogP contribution in [0.5, 0.6) is 5.88 Å². The summed E-state index contributed by atoms with van der Waals surface area (Å²) in [6.07, 6.45) is 5.58. The van der Waals surface area contributed by atoms with Gasteiger partial charge in [-0.15, -0.1) is 5.10 Å². The standard InChI is InChI=1S/C18H22ClN3O2/c1-14(18(23)21-11-7-2-3-8-12-21)24-17-16(19)13-22(20-17)15-9-5-4-6-10-15/h4-6,9-10,13-14H,2-3,7-8,11-12H2,1H3. The van der Waals surface area contributed by atoms with Gasteiger partial charge < -0.3 is 9.64 Å². The molecule has 6 heteroatoms. The van der Waals surface area contributed by atoms with E-state index >= 15 is 0 Å². The molecule has 0 bridgehead atoms. The van der Waals surface area contributed by atoms with Crippen LogP contribution >= 0.6 is 11.6 Å². The molecular formula is C18H22ClN3O2. The molecule has 1 aromatic heterocycles. The first-order valence-electron chi connectivity index (χ1n) is 8.41. The predicted molar refractivity (Wildman–Crippen MR) is 93.7 cm³/mol. The third-order valence-corrected chi connectivity index (χ3v) is 4.47. The van der Waals surface area contributed by atoms with E-state index in [1.165, 1.54) is 12.8 Å². The Kier molecular flexibility index (Phi) is 5.41. The molecule has 0 aliphatic carbocycles. The van der Waals surface area contributed by atoms with Crippen LogP contribution in [-0.2, 0) is 4.79 Å². The number of rotatable bonds is 4. The molecule has 0 radical (unpaired) electrons. The lowest BCUT2D eigenvalue weighted by molar-refractivity contribution is -0.138. The van der Waals surface area contributed by atoms with Crippen molar-refractivity contribution in [2.75, 3.05) is 13.1 Å². The highest BCUT2D eigenvalue weighted by atomic mass is 35.5. The normalized spacial score (nSPS) is 16.5. The van der Waals surface area contributed by atoms with Gasteiger partial charge in [-0.3, -0.25) is 4.79 Å². The van der Waals surface area contributed by atoms with Crippen LogP contribution in [0.1, 0.15) is 32.6 Å². The Morgan fingerprint density at radius 3 is 2.50 bits per heavy atom. The summed E-state index contributed by atoms with van der Waals surface area (Å²) in [6, 6.07) is 9.65. The van der Waals surface area contributed by atoms with Crippen molar-refractivity contribution in [1.29, 1.82) is 0 Å². The van der Waals surface area contributed by atoms with Crippen molar-refractivity contribution >= 4 is 17.5 Å². The zero-order valence-corrected chi connectivity index (χ0v) is 14.6. The lowest BCUT2D eigenvalue weighted by Gasteiger charge is -2.24. The average molecular weight is 348 g/mol. The lowest BCUT2D eigenvalue weighted by atomic mass is 10.2. The number of amides is 1. The molecule has 5 nitrogen and oxygen atoms in total. The number of likely N-dealkylation sites (tertiary alicyclic amines) is 1. The Morgan fingerprint density at radius 1 is 1.17 bits per heavy atom. The zero-order chi connectivity index (χ0) is 16.9. The van der Waals surface area contributed by atoms with Crippen LogP contribution < -0.4 is 4.74 Å². The van der Waals surface area contributed by atoms with Crippen LogP contribution in [0.15, 0.2) is 36.5 Å². The van der Waals surface area contributed by atoms with Gasteiger partial charge in [0.15, 0.2) is 6.10 Å². The van der Waals surface area contributed by atoms with Gasteiger partial charge in [-0.25, -0.2) is 4.68 Å². The van der Waals surface area contributed by atoms with Gasteiger partial charge in [0.25, 0.3) is 11.8 Å². The van der Waals surface area contributed by atoms with Crippen LogP contribution in [0.4, 0.5) is 0 Å². The molecule has 0 N–H and O–H groups in total. The van der Waals surface area contributed by atoms with Crippen LogP contribution in [0, 0.1) is 0 Å². The Morgan fingerprint density at radius 2 is 1.83 bits per heavy atom. The lowest BCUT2D eigenvalue weighted by Crippen LogP contribution is -2.41. The average Bonchev–Trinajstić information content (AvgIpc) is 2.80. The SMILES string of the molecule is CC(Oc1nn(-c2ccccc2)cc1Cl)C(=O)N1CCCCCC1. The topological polar surface area (TPSA) is 47.4 Å². The van der Waals surface area contributed by atoms with Crippen molar-refractivity contribution in [3.63, 3.8) is 0 Å². The summed E-state index contributed by atoms with van der Waals surface area (Å²) in [5.74, 6) is 0.290. The number of aromatic nitrogens is 2. The van der Waals surface area contributed by atoms with E-state index < -0.39 is 6.10 Å². The Hall–Kier alpha value is -2.01. The molecule has 1 aliphatic rings. The minimum atomic E-state index is -0.597. The first-order valence-corrected chi connectivity index (χ1v) is 8.79. The largest absolute Gasteiger partial charge is 0.462 e. The number of nitrogens with zero attached hydrogens (tertiary/aromatic N) is 3. The number of benzene rings is 1. The number of para-hydroxylation sites is 1. The fourth-order valence-corrected chi connectivity index (χ4v) is 3.07. The van der Waals surface area contributed by atoms with Crippen LogP contribution in [0.25, 0.3) is 5.69 Å². The van der Waals surface area contributed by atoms with Gasteiger partial charge in [0.2, 0.25) is 0 Å². The molecule has 3 rings (SSSR count). The third kappa shape index (κ3) is 3.90. The zero-order valence-electron chi connectivity index (χ0n) is 13.8. The highest BCUT2D eigenvalue weighted by molar-refractivity contribution is 6.31. The second-order valence-electron chi connectivity index (χ2n) is 6.06. The maximum absolute atomic E-state index is 12.6. The quantitative estimate of drug-likeness (QED) is 0.847. The molecule has 128 valence electrons. The number of hydrogen-bond donors (Lipinski definition) is 0. The maximum Gasteiger partial charge on any atom is 0.263 e. The van der Waals surface area contributed by atoms with E-state index in [0.717, 1.165) is 31.6 Å². The van der Waals surface area contributed by atoms with Gasteiger partial charge in [0, 0.05) is 13.1 Å². The highest BCUT2D eigenvalue weighted by Gasteiger charge is 2.24. The number of ether oxygens (including phenoxy) is 1. The molecule has 0 saturated carbocycles. The number of carbonyl (C=O) groups is 1. The van der Waals surface area contributed by atoms with Gasteiger partial charge in [-0.2, -0.15) is 0 Å². The highest BCUT2D eigenvalue weighted by Crippen LogP contribution is 2.25. The summed E-state index contributed by atoms with van der Waals surface area (Å²) in [4.78, 5) is 14.5. The monoisotopic (exact) mass is 347 g/mol. The van der Waals surface area contributed by atoms with Gasteiger partial charge in [-0.1, -0.05) is 42.6 Å². The molecule has 24 heavy (non-hydrogen) atoms. The minimum Gasteiger partial charge on any atom is -0.462 e. The second-order valence-corrected chi connectivity index (χ2v) is 6.47. The molecule has 1 unspecified atom stereocenters. The maximum atomic E-state index is 12.6. The summed E-state index contributed by atoms with van der Waals surface area (Å²) in [5.41, 5.74) is 0.890. The van der Waals surface area contributed by atoms with E-state index in [1.807, 2.05) is 35.2 Å². The van der Waals surface area contributed by atoms with Gasteiger partial charge in [-0.05, 0) is 31.9 Å². The van der Waals surface area contributed by atoms with E-state index in [9.17, 15) is 4.79 Å². The Bertz CT molecular complexity index is 679. The minimum absolute atomic E-state index is 0.00206. The summed E-state index contributed by atoms with van der Waals surface area (Å²) in [6.45, 7) is 3.36. The van der Waals surface area contributed by atoms with E-state index in [4.69, 9.17) is 16.3 Å². The van der Waals surface area contributed by atoms with E-state index in [0.29, 0.717) is 5.02 Å². The Labute approximate surface area is 147 Å². The molecular weight excluding hydrogens is 326 g/mol. The van der Waals surface area contributed by atoms with Crippen molar-refractivity contribution in [1.82, 2.24) is 14.7 Å². The molecule has 1 amide bonds. The smallest absolute Gasteiger partial charge is 0.263 e. The van der Waals surface area contributed by atoms with Gasteiger partial charge >= 0.3 is 0 Å². The van der Waals surface area contributed by atoms with Crippen LogP contribution in [0.2, 0.25) is 5.02 Å². The second kappa shape index (κ2) is 7.71.